The molecular formula is C54H53N3. The number of nitrogens with zero attached hydrogens (tertiary/aromatic N) is 3. The van der Waals surface area contributed by atoms with Gasteiger partial charge in [0.2, 0.25) is 0 Å². The lowest BCUT2D eigenvalue weighted by Crippen LogP contribution is -2.49. The van der Waals surface area contributed by atoms with E-state index in [-0.39, 0.29) is 10.8 Å². The number of benzene rings is 3. The summed E-state index contributed by atoms with van der Waals surface area (Å²) >= 11 is 0. The number of hydrogen-bond acceptors (Lipinski definition) is 2. The standard InChI is InChI=1S/C54H53N3/c1-3-18-38-34(14-1)44-42-36-16-13-17-37-43-41(57(46(36)37)40(42)32-55-47(44)53(38)49(20-5-6-21-49)28-29-50(53)22-7-8-23-50)33-56-48-45(43)35-15-2-4-19-39(35)54(48)51(24-9-10-25-51)30-31-52(54)26-11-12-27-52/h1-4,13-19,32-33H,5-12,20-31H2. The van der Waals surface area contributed by atoms with E-state index in [4.69, 9.17) is 9.97 Å². The first-order chi connectivity index (χ1) is 28.1. The summed E-state index contributed by atoms with van der Waals surface area (Å²) in [6.07, 6.45) is 32.1. The normalized spacial score (nSPS) is 25.7. The summed E-state index contributed by atoms with van der Waals surface area (Å²) in [7, 11) is 0. The van der Waals surface area contributed by atoms with E-state index in [1.165, 1.54) is 200 Å². The fourth-order valence-electron chi connectivity index (χ4n) is 18.5. The minimum Gasteiger partial charge on any atom is -0.305 e. The molecule has 8 aliphatic carbocycles. The lowest BCUT2D eigenvalue weighted by Gasteiger charge is -2.51. The summed E-state index contributed by atoms with van der Waals surface area (Å²) < 4.78 is 2.63. The maximum atomic E-state index is 5.90. The van der Waals surface area contributed by atoms with Crippen molar-refractivity contribution in [1.29, 1.82) is 0 Å². The van der Waals surface area contributed by atoms with E-state index in [0.717, 1.165) is 0 Å². The van der Waals surface area contributed by atoms with Crippen molar-refractivity contribution >= 4 is 38.1 Å². The zero-order valence-corrected chi connectivity index (χ0v) is 33.5. The highest BCUT2D eigenvalue weighted by molar-refractivity contribution is 6.29. The SMILES string of the molecule is c1ccc2c(c1)-c1c(ncc3c1c1cccc4c5c6c(ncc5n3c14)C1(c3ccccc3-6)C3(CCCC3)CCC13CCCC3)C21C2(CCCC2)CCC12CCCC2. The van der Waals surface area contributed by atoms with Crippen molar-refractivity contribution in [3.05, 3.63) is 102 Å². The molecule has 4 aromatic heterocycles. The first kappa shape index (κ1) is 31.7. The Morgan fingerprint density at radius 2 is 0.772 bits per heavy atom. The van der Waals surface area contributed by atoms with E-state index < -0.39 is 0 Å². The lowest BCUT2D eigenvalue weighted by molar-refractivity contribution is 0.0938. The molecule has 284 valence electrons. The fourth-order valence-corrected chi connectivity index (χ4v) is 18.5. The summed E-state index contributed by atoms with van der Waals surface area (Å²) in [6.45, 7) is 0. The molecule has 6 fully saturated rings. The predicted molar refractivity (Wildman–Crippen MR) is 231 cm³/mol. The number of pyridine rings is 2. The highest BCUT2D eigenvalue weighted by Gasteiger charge is 2.74. The third kappa shape index (κ3) is 3.09. The Morgan fingerprint density at radius 3 is 1.16 bits per heavy atom. The Balaban J connectivity index is 1.07. The molecule has 6 saturated carbocycles. The molecule has 3 nitrogen and oxygen atoms in total. The van der Waals surface area contributed by atoms with Gasteiger partial charge in [-0.05, 0) is 121 Å². The van der Waals surface area contributed by atoms with E-state index in [2.05, 4.69) is 83.5 Å². The number of para-hydroxylation sites is 1. The Morgan fingerprint density at radius 1 is 0.404 bits per heavy atom. The van der Waals surface area contributed by atoms with Crippen LogP contribution in [0.3, 0.4) is 0 Å². The van der Waals surface area contributed by atoms with Crippen LogP contribution in [0.25, 0.3) is 60.3 Å². The van der Waals surface area contributed by atoms with Crippen molar-refractivity contribution in [3.8, 4) is 22.3 Å². The van der Waals surface area contributed by atoms with Crippen molar-refractivity contribution < 1.29 is 0 Å². The van der Waals surface area contributed by atoms with Gasteiger partial charge in [-0.3, -0.25) is 9.97 Å². The van der Waals surface area contributed by atoms with Crippen LogP contribution < -0.4 is 0 Å². The summed E-state index contributed by atoms with van der Waals surface area (Å²) in [5.74, 6) is 0. The number of rotatable bonds is 0. The fraction of sp³-hybridized carbons (Fsp3) is 0.481. The van der Waals surface area contributed by atoms with Gasteiger partial charge in [-0.2, -0.15) is 0 Å². The van der Waals surface area contributed by atoms with Gasteiger partial charge in [-0.25, -0.2) is 0 Å². The summed E-state index contributed by atoms with van der Waals surface area (Å²) in [5, 5.41) is 5.72. The molecular weight excluding hydrogens is 691 g/mol. The minimum atomic E-state index is 0.0231. The van der Waals surface area contributed by atoms with Crippen LogP contribution in [-0.4, -0.2) is 14.4 Å². The molecule has 7 aromatic rings. The minimum absolute atomic E-state index is 0.0231. The molecule has 57 heavy (non-hydrogen) atoms. The summed E-state index contributed by atoms with van der Waals surface area (Å²) in [6, 6.07) is 26.8. The molecule has 0 atom stereocenters. The number of aromatic nitrogens is 3. The van der Waals surface area contributed by atoms with Gasteiger partial charge < -0.3 is 4.40 Å². The summed E-state index contributed by atoms with van der Waals surface area (Å²) in [4.78, 5) is 11.8. The van der Waals surface area contributed by atoms with Crippen LogP contribution in [0.4, 0.5) is 0 Å². The Kier molecular flexibility index (Phi) is 5.63. The number of hydrogen-bond donors (Lipinski definition) is 0. The van der Waals surface area contributed by atoms with Crippen LogP contribution in [0.15, 0.2) is 79.1 Å². The molecule has 0 aliphatic heterocycles. The van der Waals surface area contributed by atoms with Gasteiger partial charge in [-0.15, -0.1) is 0 Å². The van der Waals surface area contributed by atoms with E-state index in [1.54, 1.807) is 11.1 Å². The first-order valence-electron chi connectivity index (χ1n) is 23.4. The number of fused-ring (bicyclic) bond motifs is 22. The average molecular weight is 744 g/mol. The van der Waals surface area contributed by atoms with Crippen molar-refractivity contribution in [2.45, 2.75) is 139 Å². The van der Waals surface area contributed by atoms with Crippen LogP contribution >= 0.6 is 0 Å². The second kappa shape index (κ2) is 10.1. The van der Waals surface area contributed by atoms with Crippen LogP contribution in [0.5, 0.6) is 0 Å². The van der Waals surface area contributed by atoms with Crippen molar-refractivity contribution in [2.24, 2.45) is 21.7 Å². The predicted octanol–water partition coefficient (Wildman–Crippen LogP) is 14.0. The third-order valence-electron chi connectivity index (χ3n) is 19.9. The van der Waals surface area contributed by atoms with Crippen LogP contribution in [0, 0.1) is 21.7 Å². The Bertz CT molecular complexity index is 2660. The van der Waals surface area contributed by atoms with Crippen molar-refractivity contribution in [2.75, 3.05) is 0 Å². The zero-order chi connectivity index (χ0) is 37.0. The molecule has 15 rings (SSSR count). The molecule has 0 radical (unpaired) electrons. The molecule has 0 unspecified atom stereocenters. The van der Waals surface area contributed by atoms with Gasteiger partial charge in [0, 0.05) is 43.5 Å². The molecule has 0 saturated heterocycles. The Labute approximate surface area is 336 Å². The van der Waals surface area contributed by atoms with Crippen LogP contribution in [0.1, 0.15) is 151 Å². The highest BCUT2D eigenvalue weighted by atomic mass is 15.0. The smallest absolute Gasteiger partial charge is 0.0732 e. The lowest BCUT2D eigenvalue weighted by atomic mass is 9.51. The van der Waals surface area contributed by atoms with Gasteiger partial charge in [0.1, 0.15) is 0 Å². The molecule has 3 heteroatoms. The highest BCUT2D eigenvalue weighted by Crippen LogP contribution is 2.80. The van der Waals surface area contributed by atoms with Gasteiger partial charge >= 0.3 is 0 Å². The van der Waals surface area contributed by atoms with Gasteiger partial charge in [0.05, 0.1) is 40.3 Å². The molecule has 3 aromatic carbocycles. The average Bonchev–Trinajstić information content (AvgIpc) is 4.12. The maximum absolute atomic E-state index is 5.90. The quantitative estimate of drug-likeness (QED) is 0.155. The van der Waals surface area contributed by atoms with Crippen molar-refractivity contribution in [1.82, 2.24) is 14.4 Å². The van der Waals surface area contributed by atoms with E-state index >= 15 is 0 Å². The molecule has 6 spiro atoms. The summed E-state index contributed by atoms with van der Waals surface area (Å²) in [5.41, 5.74) is 17.4. The van der Waals surface area contributed by atoms with Crippen LogP contribution in [0.2, 0.25) is 0 Å². The monoisotopic (exact) mass is 743 g/mol. The molecule has 0 bridgehead atoms. The van der Waals surface area contributed by atoms with Gasteiger partial charge in [-0.1, -0.05) is 118 Å². The van der Waals surface area contributed by atoms with E-state index in [1.807, 2.05) is 0 Å². The third-order valence-corrected chi connectivity index (χ3v) is 19.9. The molecule has 0 amide bonds. The molecule has 4 heterocycles. The van der Waals surface area contributed by atoms with E-state index in [9.17, 15) is 0 Å². The zero-order valence-electron chi connectivity index (χ0n) is 33.5. The second-order valence-electron chi connectivity index (χ2n) is 21.1. The van der Waals surface area contributed by atoms with E-state index in [0.29, 0.717) is 21.7 Å². The maximum Gasteiger partial charge on any atom is 0.0732 e. The van der Waals surface area contributed by atoms with Crippen LogP contribution in [-0.2, 0) is 10.8 Å². The largest absolute Gasteiger partial charge is 0.305 e. The molecule has 0 N–H and O–H groups in total. The van der Waals surface area contributed by atoms with Crippen molar-refractivity contribution in [3.63, 3.8) is 0 Å². The molecule has 8 aliphatic rings. The van der Waals surface area contributed by atoms with Gasteiger partial charge in [0.15, 0.2) is 0 Å². The Hall–Kier alpha value is -4.24. The topological polar surface area (TPSA) is 30.2 Å². The first-order valence-corrected chi connectivity index (χ1v) is 23.4. The second-order valence-corrected chi connectivity index (χ2v) is 21.1. The van der Waals surface area contributed by atoms with Gasteiger partial charge in [0.25, 0.3) is 0 Å².